The van der Waals surface area contributed by atoms with E-state index in [0.717, 1.165) is 12.0 Å². The van der Waals surface area contributed by atoms with Crippen LogP contribution in [0.1, 0.15) is 44.4 Å². The Labute approximate surface area is 150 Å². The first kappa shape index (κ1) is 20.2. The van der Waals surface area contributed by atoms with Crippen LogP contribution in [0.3, 0.4) is 0 Å². The average molecular weight is 348 g/mol. The highest BCUT2D eigenvalue weighted by molar-refractivity contribution is 5.85. The van der Waals surface area contributed by atoms with Crippen molar-refractivity contribution in [2.24, 2.45) is 0 Å². The number of carbonyl (C=O) groups excluding carboxylic acids is 1. The fourth-order valence-electron chi connectivity index (χ4n) is 2.62. The molecule has 1 N–H and O–H groups in total. The van der Waals surface area contributed by atoms with Crippen molar-refractivity contribution in [3.8, 4) is 5.75 Å². The van der Waals surface area contributed by atoms with E-state index >= 15 is 0 Å². The number of hydrogen-bond donors (Lipinski definition) is 1. The lowest BCUT2D eigenvalue weighted by molar-refractivity contribution is -0.134. The van der Waals surface area contributed by atoms with Gasteiger partial charge in [0.2, 0.25) is 0 Å². The molecule has 0 amide bonds. The van der Waals surface area contributed by atoms with Gasteiger partial charge in [-0.25, -0.2) is 0 Å². The summed E-state index contributed by atoms with van der Waals surface area (Å²) in [5.74, 6) is 0.420. The van der Waals surface area contributed by atoms with Crippen molar-refractivity contribution in [3.05, 3.63) is 65.7 Å². The Balaban J connectivity index is 0.00000288. The lowest BCUT2D eigenvalue weighted by Gasteiger charge is -2.20. The van der Waals surface area contributed by atoms with E-state index in [0.29, 0.717) is 24.3 Å². The molecule has 3 nitrogen and oxygen atoms in total. The second kappa shape index (κ2) is 10.1. The standard InChI is InChI=1S/C20H25NO2.ClH/c1-4-20(22)23-19-12-8-9-17(14-19)13-15(2)21-16(3)18-10-6-5-7-11-18;/h5-12,14-16,21H,4,13H2,1-3H3;1H/t15-,16-;/m1./s1. The van der Waals surface area contributed by atoms with E-state index in [1.165, 1.54) is 5.56 Å². The molecule has 2 aromatic rings. The minimum Gasteiger partial charge on any atom is -0.427 e. The largest absolute Gasteiger partial charge is 0.427 e. The van der Waals surface area contributed by atoms with Gasteiger partial charge >= 0.3 is 5.97 Å². The number of carbonyl (C=O) groups is 1. The molecule has 24 heavy (non-hydrogen) atoms. The minimum absolute atomic E-state index is 0. The lowest BCUT2D eigenvalue weighted by atomic mass is 10.0. The maximum atomic E-state index is 11.4. The maximum absolute atomic E-state index is 11.4. The van der Waals surface area contributed by atoms with Gasteiger partial charge in [-0.1, -0.05) is 49.4 Å². The lowest BCUT2D eigenvalue weighted by Crippen LogP contribution is -2.30. The van der Waals surface area contributed by atoms with Crippen LogP contribution in [-0.2, 0) is 11.2 Å². The van der Waals surface area contributed by atoms with Crippen molar-refractivity contribution in [2.45, 2.75) is 45.7 Å². The molecule has 0 aromatic heterocycles. The summed E-state index contributed by atoms with van der Waals surface area (Å²) in [5.41, 5.74) is 2.44. The first-order valence-corrected chi connectivity index (χ1v) is 8.19. The molecule has 0 fully saturated rings. The highest BCUT2D eigenvalue weighted by Gasteiger charge is 2.10. The molecule has 0 saturated heterocycles. The molecule has 2 atom stereocenters. The molecule has 0 heterocycles. The molecular formula is C20H26ClNO2. The number of halogens is 1. The summed E-state index contributed by atoms with van der Waals surface area (Å²) in [7, 11) is 0. The van der Waals surface area contributed by atoms with Crippen molar-refractivity contribution >= 4 is 18.4 Å². The van der Waals surface area contributed by atoms with Crippen LogP contribution in [-0.4, -0.2) is 12.0 Å². The predicted molar refractivity (Wildman–Crippen MR) is 101 cm³/mol. The average Bonchev–Trinajstić information content (AvgIpc) is 2.55. The molecule has 0 aliphatic rings. The van der Waals surface area contributed by atoms with E-state index in [-0.39, 0.29) is 18.4 Å². The third-order valence-electron chi connectivity index (χ3n) is 3.79. The van der Waals surface area contributed by atoms with Crippen LogP contribution < -0.4 is 10.1 Å². The van der Waals surface area contributed by atoms with Crippen LogP contribution in [0, 0.1) is 0 Å². The number of hydrogen-bond acceptors (Lipinski definition) is 3. The SMILES string of the molecule is CCC(=O)Oc1cccc(C[C@@H](C)N[C@H](C)c2ccccc2)c1.Cl. The van der Waals surface area contributed by atoms with Crippen LogP contribution in [0.25, 0.3) is 0 Å². The summed E-state index contributed by atoms with van der Waals surface area (Å²) in [6.45, 7) is 6.14. The number of ether oxygens (including phenoxy) is 1. The van der Waals surface area contributed by atoms with E-state index in [4.69, 9.17) is 4.74 Å². The van der Waals surface area contributed by atoms with Gasteiger partial charge in [0.25, 0.3) is 0 Å². The Morgan fingerprint density at radius 1 is 1.08 bits per heavy atom. The Kier molecular flexibility index (Phi) is 8.51. The van der Waals surface area contributed by atoms with Crippen molar-refractivity contribution < 1.29 is 9.53 Å². The third-order valence-corrected chi connectivity index (χ3v) is 3.79. The molecule has 2 aromatic carbocycles. The summed E-state index contributed by atoms with van der Waals surface area (Å²) in [5, 5.41) is 3.61. The first-order chi connectivity index (χ1) is 11.1. The van der Waals surface area contributed by atoms with Gasteiger partial charge in [-0.2, -0.15) is 0 Å². The fraction of sp³-hybridized carbons (Fsp3) is 0.350. The number of esters is 1. The Morgan fingerprint density at radius 3 is 2.46 bits per heavy atom. The first-order valence-electron chi connectivity index (χ1n) is 8.19. The zero-order valence-electron chi connectivity index (χ0n) is 14.5. The van der Waals surface area contributed by atoms with Crippen LogP contribution in [0.2, 0.25) is 0 Å². The molecule has 0 unspecified atom stereocenters. The molecule has 4 heteroatoms. The maximum Gasteiger partial charge on any atom is 0.310 e. The highest BCUT2D eigenvalue weighted by Crippen LogP contribution is 2.17. The number of benzene rings is 2. The summed E-state index contributed by atoms with van der Waals surface area (Å²) in [4.78, 5) is 11.4. The van der Waals surface area contributed by atoms with Gasteiger partial charge in [-0.3, -0.25) is 4.79 Å². The fourth-order valence-corrected chi connectivity index (χ4v) is 2.62. The molecule has 0 aliphatic heterocycles. The van der Waals surface area contributed by atoms with Crippen molar-refractivity contribution in [1.29, 1.82) is 0 Å². The van der Waals surface area contributed by atoms with E-state index < -0.39 is 0 Å². The van der Waals surface area contributed by atoms with Gasteiger partial charge in [0.15, 0.2) is 0 Å². The molecule has 0 spiro atoms. The summed E-state index contributed by atoms with van der Waals surface area (Å²) >= 11 is 0. The quantitative estimate of drug-likeness (QED) is 0.582. The summed E-state index contributed by atoms with van der Waals surface area (Å²) < 4.78 is 5.28. The van der Waals surface area contributed by atoms with Crippen LogP contribution >= 0.6 is 12.4 Å². The molecule has 0 saturated carbocycles. The summed E-state index contributed by atoms with van der Waals surface area (Å²) in [6.07, 6.45) is 1.27. The van der Waals surface area contributed by atoms with Crippen LogP contribution in [0.15, 0.2) is 54.6 Å². The zero-order chi connectivity index (χ0) is 16.7. The monoisotopic (exact) mass is 347 g/mol. The van der Waals surface area contributed by atoms with Crippen molar-refractivity contribution in [3.63, 3.8) is 0 Å². The predicted octanol–water partition coefficient (Wildman–Crippen LogP) is 4.71. The minimum atomic E-state index is -0.203. The zero-order valence-corrected chi connectivity index (χ0v) is 15.3. The second-order valence-electron chi connectivity index (χ2n) is 5.88. The van der Waals surface area contributed by atoms with E-state index in [1.807, 2.05) is 24.3 Å². The third kappa shape index (κ3) is 6.34. The number of rotatable bonds is 7. The Bertz CT molecular complexity index is 631. The van der Waals surface area contributed by atoms with E-state index in [1.54, 1.807) is 6.92 Å². The smallest absolute Gasteiger partial charge is 0.310 e. The molecule has 0 bridgehead atoms. The van der Waals surface area contributed by atoms with Gasteiger partial charge in [0, 0.05) is 18.5 Å². The molecule has 0 radical (unpaired) electrons. The summed E-state index contributed by atoms with van der Waals surface area (Å²) in [6, 6.07) is 18.8. The van der Waals surface area contributed by atoms with Gasteiger partial charge in [-0.05, 0) is 43.5 Å². The van der Waals surface area contributed by atoms with Gasteiger partial charge in [0.05, 0.1) is 0 Å². The number of nitrogens with one attached hydrogen (secondary N) is 1. The normalized spacial score (nSPS) is 12.8. The molecule has 130 valence electrons. The molecule has 2 rings (SSSR count). The van der Waals surface area contributed by atoms with Gasteiger partial charge in [-0.15, -0.1) is 12.4 Å². The Hall–Kier alpha value is -1.84. The second-order valence-corrected chi connectivity index (χ2v) is 5.88. The van der Waals surface area contributed by atoms with Gasteiger partial charge < -0.3 is 10.1 Å². The Morgan fingerprint density at radius 2 is 1.79 bits per heavy atom. The van der Waals surface area contributed by atoms with Gasteiger partial charge in [0.1, 0.15) is 5.75 Å². The van der Waals surface area contributed by atoms with Crippen molar-refractivity contribution in [1.82, 2.24) is 5.32 Å². The molecular weight excluding hydrogens is 322 g/mol. The highest BCUT2D eigenvalue weighted by atomic mass is 35.5. The van der Waals surface area contributed by atoms with Crippen molar-refractivity contribution in [2.75, 3.05) is 0 Å². The topological polar surface area (TPSA) is 38.3 Å². The van der Waals surface area contributed by atoms with E-state index in [2.05, 4.69) is 49.5 Å². The van der Waals surface area contributed by atoms with E-state index in [9.17, 15) is 4.79 Å². The van der Waals surface area contributed by atoms with Crippen LogP contribution in [0.5, 0.6) is 5.75 Å². The molecule has 0 aliphatic carbocycles. The van der Waals surface area contributed by atoms with Crippen LogP contribution in [0.4, 0.5) is 0 Å².